The van der Waals surface area contributed by atoms with Crippen LogP contribution in [0, 0.1) is 25.2 Å². The maximum atomic E-state index is 12.2. The minimum atomic E-state index is -0.444. The molecule has 132 valence electrons. The van der Waals surface area contributed by atoms with Crippen molar-refractivity contribution in [3.05, 3.63) is 40.5 Å². The standard InChI is InChI=1S/C17H22N6O2/c1-11-5-14(13(3)23(11)12(2)10-25-4)6-15(7-18)17(24)19-8-16-9-20-22-21-16/h5-6,9,12H,8,10H2,1-4H3,(H,19,24)(H,20,21,22)/b15-6-/t12-/m1/s1. The summed E-state index contributed by atoms with van der Waals surface area (Å²) in [5, 5.41) is 22.0. The third-order valence-electron chi connectivity index (χ3n) is 3.93. The number of carbonyl (C=O) groups is 1. The van der Waals surface area contributed by atoms with Crippen molar-refractivity contribution < 1.29 is 9.53 Å². The van der Waals surface area contributed by atoms with Gasteiger partial charge in [-0.25, -0.2) is 0 Å². The summed E-state index contributed by atoms with van der Waals surface area (Å²) in [5.41, 5.74) is 3.52. The van der Waals surface area contributed by atoms with Crippen LogP contribution in [0.25, 0.3) is 6.08 Å². The van der Waals surface area contributed by atoms with Crippen LogP contribution in [0.4, 0.5) is 0 Å². The number of nitriles is 1. The summed E-state index contributed by atoms with van der Waals surface area (Å²) in [4.78, 5) is 12.2. The lowest BCUT2D eigenvalue weighted by molar-refractivity contribution is -0.117. The molecule has 0 spiro atoms. The molecule has 0 aliphatic carbocycles. The number of methoxy groups -OCH3 is 1. The molecule has 0 aliphatic rings. The molecule has 0 aliphatic heterocycles. The van der Waals surface area contributed by atoms with Gasteiger partial charge < -0.3 is 14.6 Å². The quantitative estimate of drug-likeness (QED) is 0.587. The van der Waals surface area contributed by atoms with E-state index < -0.39 is 5.91 Å². The Labute approximate surface area is 146 Å². The van der Waals surface area contributed by atoms with Gasteiger partial charge in [0, 0.05) is 18.5 Å². The van der Waals surface area contributed by atoms with Gasteiger partial charge in [-0.05, 0) is 38.5 Å². The third kappa shape index (κ3) is 4.33. The van der Waals surface area contributed by atoms with Crippen LogP contribution in [-0.4, -0.2) is 39.6 Å². The molecule has 1 amide bonds. The Morgan fingerprint density at radius 1 is 1.56 bits per heavy atom. The van der Waals surface area contributed by atoms with E-state index in [4.69, 9.17) is 4.74 Å². The Kier molecular flexibility index (Phi) is 6.08. The second-order valence-electron chi connectivity index (χ2n) is 5.81. The van der Waals surface area contributed by atoms with Crippen LogP contribution in [0.1, 0.15) is 35.6 Å². The number of aromatic nitrogens is 4. The van der Waals surface area contributed by atoms with Gasteiger partial charge in [0.2, 0.25) is 0 Å². The zero-order chi connectivity index (χ0) is 18.4. The molecule has 1 atom stereocenters. The lowest BCUT2D eigenvalue weighted by Gasteiger charge is -2.17. The number of carbonyl (C=O) groups excluding carboxylic acids is 1. The molecule has 0 saturated heterocycles. The van der Waals surface area contributed by atoms with Crippen molar-refractivity contribution >= 4 is 12.0 Å². The van der Waals surface area contributed by atoms with E-state index in [1.165, 1.54) is 6.20 Å². The fraction of sp³-hybridized carbons (Fsp3) is 0.412. The number of nitrogens with zero attached hydrogens (tertiary/aromatic N) is 4. The molecule has 25 heavy (non-hydrogen) atoms. The maximum absolute atomic E-state index is 12.2. The predicted octanol–water partition coefficient (Wildman–Crippen LogP) is 1.65. The highest BCUT2D eigenvalue weighted by atomic mass is 16.5. The fourth-order valence-electron chi connectivity index (χ4n) is 2.82. The Balaban J connectivity index is 2.20. The first-order valence-electron chi connectivity index (χ1n) is 7.90. The summed E-state index contributed by atoms with van der Waals surface area (Å²) in [6.45, 7) is 6.81. The normalized spacial score (nSPS) is 12.7. The van der Waals surface area contributed by atoms with Crippen LogP contribution < -0.4 is 5.32 Å². The number of rotatable bonds is 7. The Hall–Kier alpha value is -2.92. The zero-order valence-corrected chi connectivity index (χ0v) is 14.8. The number of aryl methyl sites for hydroxylation is 1. The number of hydrogen-bond acceptors (Lipinski definition) is 5. The highest BCUT2D eigenvalue weighted by molar-refractivity contribution is 6.01. The molecule has 0 aromatic carbocycles. The topological polar surface area (TPSA) is 109 Å². The van der Waals surface area contributed by atoms with Crippen LogP contribution in [-0.2, 0) is 16.1 Å². The Morgan fingerprint density at radius 2 is 2.32 bits per heavy atom. The molecule has 0 bridgehead atoms. The highest BCUT2D eigenvalue weighted by Crippen LogP contribution is 2.22. The maximum Gasteiger partial charge on any atom is 0.262 e. The lowest BCUT2D eigenvalue weighted by atomic mass is 10.1. The molecule has 0 radical (unpaired) electrons. The second kappa shape index (κ2) is 8.26. The van der Waals surface area contributed by atoms with E-state index in [9.17, 15) is 10.1 Å². The SMILES string of the molecule is COC[C@@H](C)n1c(C)cc(/C=C(/C#N)C(=O)NCc2cn[nH]n2)c1C. The van der Waals surface area contributed by atoms with Crippen LogP contribution in [0.5, 0.6) is 0 Å². The first-order chi connectivity index (χ1) is 12.0. The number of hydrogen-bond donors (Lipinski definition) is 2. The average molecular weight is 342 g/mol. The first kappa shape index (κ1) is 18.4. The van der Waals surface area contributed by atoms with Crippen LogP contribution in [0.3, 0.4) is 0 Å². The number of amides is 1. The van der Waals surface area contributed by atoms with Gasteiger partial charge in [-0.15, -0.1) is 0 Å². The number of ether oxygens (including phenoxy) is 1. The number of aromatic amines is 1. The molecule has 0 unspecified atom stereocenters. The van der Waals surface area contributed by atoms with E-state index >= 15 is 0 Å². The minimum Gasteiger partial charge on any atom is -0.383 e. The van der Waals surface area contributed by atoms with Gasteiger partial charge >= 0.3 is 0 Å². The molecule has 0 saturated carbocycles. The van der Waals surface area contributed by atoms with Crippen molar-refractivity contribution in [2.75, 3.05) is 13.7 Å². The van der Waals surface area contributed by atoms with E-state index in [0.717, 1.165) is 17.0 Å². The third-order valence-corrected chi connectivity index (χ3v) is 3.93. The van der Waals surface area contributed by atoms with Crippen molar-refractivity contribution in [1.82, 2.24) is 25.3 Å². The van der Waals surface area contributed by atoms with E-state index in [1.807, 2.05) is 26.0 Å². The van der Waals surface area contributed by atoms with E-state index in [2.05, 4.69) is 32.2 Å². The molecule has 2 heterocycles. The summed E-state index contributed by atoms with van der Waals surface area (Å²) in [5.74, 6) is -0.444. The molecule has 2 aromatic rings. The second-order valence-corrected chi connectivity index (χ2v) is 5.81. The van der Waals surface area contributed by atoms with E-state index in [-0.39, 0.29) is 18.2 Å². The van der Waals surface area contributed by atoms with E-state index in [1.54, 1.807) is 13.2 Å². The molecular formula is C17H22N6O2. The highest BCUT2D eigenvalue weighted by Gasteiger charge is 2.15. The largest absolute Gasteiger partial charge is 0.383 e. The molecule has 8 heteroatoms. The number of H-pyrrole nitrogens is 1. The first-order valence-corrected chi connectivity index (χ1v) is 7.90. The molecule has 2 aromatic heterocycles. The molecule has 8 nitrogen and oxygen atoms in total. The predicted molar refractivity (Wildman–Crippen MR) is 92.3 cm³/mol. The smallest absolute Gasteiger partial charge is 0.262 e. The zero-order valence-electron chi connectivity index (χ0n) is 14.8. The Bertz CT molecular complexity index is 798. The van der Waals surface area contributed by atoms with Crippen molar-refractivity contribution in [2.45, 2.75) is 33.4 Å². The molecule has 2 rings (SSSR count). The van der Waals surface area contributed by atoms with Crippen molar-refractivity contribution in [1.29, 1.82) is 5.26 Å². The Morgan fingerprint density at radius 3 is 2.92 bits per heavy atom. The van der Waals surface area contributed by atoms with Gasteiger partial charge in [0.05, 0.1) is 25.4 Å². The van der Waals surface area contributed by atoms with Gasteiger partial charge in [-0.2, -0.15) is 20.7 Å². The van der Waals surface area contributed by atoms with E-state index in [0.29, 0.717) is 12.3 Å². The van der Waals surface area contributed by atoms with Gasteiger partial charge in [-0.1, -0.05) is 0 Å². The molecule has 2 N–H and O–H groups in total. The fourth-order valence-corrected chi connectivity index (χ4v) is 2.82. The molecular weight excluding hydrogens is 320 g/mol. The molecule has 0 fully saturated rings. The van der Waals surface area contributed by atoms with Gasteiger partial charge in [-0.3, -0.25) is 4.79 Å². The van der Waals surface area contributed by atoms with Gasteiger partial charge in [0.15, 0.2) is 0 Å². The van der Waals surface area contributed by atoms with Gasteiger partial charge in [0.1, 0.15) is 17.3 Å². The summed E-state index contributed by atoms with van der Waals surface area (Å²) in [6, 6.07) is 4.09. The summed E-state index contributed by atoms with van der Waals surface area (Å²) < 4.78 is 7.36. The lowest BCUT2D eigenvalue weighted by Crippen LogP contribution is -2.24. The van der Waals surface area contributed by atoms with Crippen LogP contribution in [0.2, 0.25) is 0 Å². The van der Waals surface area contributed by atoms with Crippen molar-refractivity contribution in [3.8, 4) is 6.07 Å². The number of nitrogens with one attached hydrogen (secondary N) is 2. The summed E-state index contributed by atoms with van der Waals surface area (Å²) in [6.07, 6.45) is 3.12. The van der Waals surface area contributed by atoms with Crippen LogP contribution >= 0.6 is 0 Å². The average Bonchev–Trinajstić information content (AvgIpc) is 3.18. The van der Waals surface area contributed by atoms with Crippen molar-refractivity contribution in [3.63, 3.8) is 0 Å². The summed E-state index contributed by atoms with van der Waals surface area (Å²) in [7, 11) is 1.67. The monoisotopic (exact) mass is 342 g/mol. The van der Waals surface area contributed by atoms with Gasteiger partial charge in [0.25, 0.3) is 5.91 Å². The van der Waals surface area contributed by atoms with Crippen molar-refractivity contribution in [2.24, 2.45) is 0 Å². The minimum absolute atomic E-state index is 0.0446. The summed E-state index contributed by atoms with van der Waals surface area (Å²) >= 11 is 0. The van der Waals surface area contributed by atoms with Crippen LogP contribution in [0.15, 0.2) is 17.8 Å².